The van der Waals surface area contributed by atoms with Crippen LogP contribution >= 0.6 is 0 Å². The smallest absolute Gasteiger partial charge is 0.220 e. The van der Waals surface area contributed by atoms with Gasteiger partial charge in [0.25, 0.3) is 0 Å². The zero-order valence-electron chi connectivity index (χ0n) is 13.9. The van der Waals surface area contributed by atoms with E-state index in [0.717, 1.165) is 18.7 Å². The van der Waals surface area contributed by atoms with Gasteiger partial charge in [0.2, 0.25) is 5.91 Å². The fourth-order valence-corrected chi connectivity index (χ4v) is 2.41. The predicted octanol–water partition coefficient (Wildman–Crippen LogP) is 2.87. The van der Waals surface area contributed by atoms with Gasteiger partial charge in [0.1, 0.15) is 0 Å². The number of hydrogen-bond acceptors (Lipinski definition) is 2. The summed E-state index contributed by atoms with van der Waals surface area (Å²) in [5, 5.41) is 7.44. The minimum absolute atomic E-state index is 0.0961. The van der Waals surface area contributed by atoms with Crippen LogP contribution < -0.4 is 5.32 Å². The molecule has 0 saturated carbocycles. The number of aromatic nitrogens is 2. The first-order chi connectivity index (χ1) is 10.5. The van der Waals surface area contributed by atoms with E-state index in [2.05, 4.69) is 55.5 Å². The van der Waals surface area contributed by atoms with Gasteiger partial charge in [-0.3, -0.25) is 9.48 Å². The Morgan fingerprint density at radius 2 is 1.82 bits per heavy atom. The van der Waals surface area contributed by atoms with E-state index in [-0.39, 0.29) is 5.91 Å². The van der Waals surface area contributed by atoms with Crippen LogP contribution in [0.15, 0.2) is 24.3 Å². The lowest BCUT2D eigenvalue weighted by Crippen LogP contribution is -2.28. The van der Waals surface area contributed by atoms with Gasteiger partial charge in [0.15, 0.2) is 0 Å². The second-order valence-corrected chi connectivity index (χ2v) is 5.85. The first kappa shape index (κ1) is 16.3. The third-order valence-electron chi connectivity index (χ3n) is 4.15. The number of carbonyl (C=O) groups excluding carboxylic acids is 1. The molecule has 0 saturated heterocycles. The maximum absolute atomic E-state index is 11.9. The van der Waals surface area contributed by atoms with Crippen LogP contribution in [-0.2, 0) is 17.8 Å². The summed E-state index contributed by atoms with van der Waals surface area (Å²) in [5.74, 6) is 0.0961. The van der Waals surface area contributed by atoms with E-state index in [0.29, 0.717) is 13.0 Å². The van der Waals surface area contributed by atoms with E-state index in [9.17, 15) is 4.79 Å². The fraction of sp³-hybridized carbons (Fsp3) is 0.444. The molecular formula is C18H25N3O. The minimum Gasteiger partial charge on any atom is -0.354 e. The lowest BCUT2D eigenvalue weighted by Gasteiger charge is -2.07. The minimum atomic E-state index is 0.0961. The molecule has 1 N–H and O–H groups in total. The van der Waals surface area contributed by atoms with E-state index in [1.807, 2.05) is 11.6 Å². The van der Waals surface area contributed by atoms with E-state index >= 15 is 0 Å². The zero-order valence-corrected chi connectivity index (χ0v) is 13.9. The maximum atomic E-state index is 11.9. The first-order valence-corrected chi connectivity index (χ1v) is 7.80. The molecule has 1 heterocycles. The van der Waals surface area contributed by atoms with E-state index in [1.54, 1.807) is 0 Å². The molecule has 1 aromatic heterocycles. The SMILES string of the molecule is Cc1ccc(CCC(=O)NCCn2nc(C)c(C)c2C)cc1. The second kappa shape index (κ2) is 7.25. The Balaban J connectivity index is 1.73. The van der Waals surface area contributed by atoms with Gasteiger partial charge in [-0.05, 0) is 45.2 Å². The van der Waals surface area contributed by atoms with Crippen LogP contribution in [0, 0.1) is 27.7 Å². The van der Waals surface area contributed by atoms with Gasteiger partial charge in [-0.2, -0.15) is 5.10 Å². The van der Waals surface area contributed by atoms with Gasteiger partial charge >= 0.3 is 0 Å². The molecule has 118 valence electrons. The number of hydrogen-bond donors (Lipinski definition) is 1. The van der Waals surface area contributed by atoms with Crippen LogP contribution in [0.2, 0.25) is 0 Å². The van der Waals surface area contributed by atoms with Gasteiger partial charge in [-0.25, -0.2) is 0 Å². The third-order valence-corrected chi connectivity index (χ3v) is 4.15. The summed E-state index contributed by atoms with van der Waals surface area (Å²) in [4.78, 5) is 11.9. The Hall–Kier alpha value is -2.10. The number of nitrogens with one attached hydrogen (secondary N) is 1. The summed E-state index contributed by atoms with van der Waals surface area (Å²) in [7, 11) is 0. The first-order valence-electron chi connectivity index (χ1n) is 7.80. The summed E-state index contributed by atoms with van der Waals surface area (Å²) in [6, 6.07) is 8.33. The van der Waals surface area contributed by atoms with Crippen LogP contribution in [0.3, 0.4) is 0 Å². The molecule has 0 aliphatic carbocycles. The van der Waals surface area contributed by atoms with Crippen molar-refractivity contribution in [2.45, 2.75) is 47.1 Å². The molecule has 0 atom stereocenters. The fourth-order valence-electron chi connectivity index (χ4n) is 2.41. The Morgan fingerprint density at radius 3 is 2.41 bits per heavy atom. The van der Waals surface area contributed by atoms with Crippen LogP contribution in [0.1, 0.15) is 34.5 Å². The molecule has 0 aliphatic rings. The lowest BCUT2D eigenvalue weighted by atomic mass is 10.1. The predicted molar refractivity (Wildman–Crippen MR) is 88.9 cm³/mol. The topological polar surface area (TPSA) is 46.9 Å². The Morgan fingerprint density at radius 1 is 1.14 bits per heavy atom. The van der Waals surface area contributed by atoms with Crippen LogP contribution in [-0.4, -0.2) is 22.2 Å². The van der Waals surface area contributed by atoms with E-state index in [1.165, 1.54) is 22.4 Å². The molecule has 2 rings (SSSR count). The van der Waals surface area contributed by atoms with Gasteiger partial charge < -0.3 is 5.32 Å². The van der Waals surface area contributed by atoms with Gasteiger partial charge in [-0.15, -0.1) is 0 Å². The van der Waals surface area contributed by atoms with Crippen molar-refractivity contribution in [3.05, 3.63) is 52.3 Å². The average molecular weight is 299 g/mol. The summed E-state index contributed by atoms with van der Waals surface area (Å²) in [6.45, 7) is 9.56. The van der Waals surface area contributed by atoms with Crippen molar-refractivity contribution in [3.8, 4) is 0 Å². The van der Waals surface area contributed by atoms with Crippen molar-refractivity contribution in [2.75, 3.05) is 6.54 Å². The van der Waals surface area contributed by atoms with Crippen LogP contribution in [0.4, 0.5) is 0 Å². The molecule has 1 aromatic carbocycles. The Kier molecular flexibility index (Phi) is 5.36. The molecule has 22 heavy (non-hydrogen) atoms. The number of carbonyl (C=O) groups is 1. The van der Waals surface area contributed by atoms with E-state index < -0.39 is 0 Å². The second-order valence-electron chi connectivity index (χ2n) is 5.85. The van der Waals surface area contributed by atoms with E-state index in [4.69, 9.17) is 0 Å². The molecule has 0 spiro atoms. The summed E-state index contributed by atoms with van der Waals surface area (Å²) >= 11 is 0. The van der Waals surface area contributed by atoms with Gasteiger partial charge in [0, 0.05) is 18.7 Å². The Labute approximate surface area is 132 Å². The van der Waals surface area contributed by atoms with Crippen LogP contribution in [0.5, 0.6) is 0 Å². The highest BCUT2D eigenvalue weighted by Gasteiger charge is 2.07. The molecule has 0 bridgehead atoms. The van der Waals surface area contributed by atoms with Crippen molar-refractivity contribution >= 4 is 5.91 Å². The Bertz CT molecular complexity index is 641. The largest absolute Gasteiger partial charge is 0.354 e. The molecule has 0 radical (unpaired) electrons. The van der Waals surface area contributed by atoms with Crippen molar-refractivity contribution in [1.29, 1.82) is 0 Å². The summed E-state index contributed by atoms with van der Waals surface area (Å²) in [5.41, 5.74) is 5.91. The summed E-state index contributed by atoms with van der Waals surface area (Å²) in [6.07, 6.45) is 1.31. The number of nitrogens with zero attached hydrogens (tertiary/aromatic N) is 2. The number of benzene rings is 1. The normalized spacial score (nSPS) is 10.7. The highest BCUT2D eigenvalue weighted by molar-refractivity contribution is 5.76. The molecule has 4 heteroatoms. The van der Waals surface area contributed by atoms with Crippen molar-refractivity contribution in [2.24, 2.45) is 0 Å². The quantitative estimate of drug-likeness (QED) is 0.891. The molecule has 0 aliphatic heterocycles. The number of rotatable bonds is 6. The molecule has 0 fully saturated rings. The molecule has 2 aromatic rings. The number of amides is 1. The third kappa shape index (κ3) is 4.20. The molecular weight excluding hydrogens is 274 g/mol. The standard InChI is InChI=1S/C18H25N3O/c1-13-5-7-17(8-6-13)9-10-18(22)19-11-12-21-16(4)14(2)15(3)20-21/h5-8H,9-12H2,1-4H3,(H,19,22). The molecule has 0 unspecified atom stereocenters. The van der Waals surface area contributed by atoms with Crippen LogP contribution in [0.25, 0.3) is 0 Å². The summed E-state index contributed by atoms with van der Waals surface area (Å²) < 4.78 is 1.96. The van der Waals surface area contributed by atoms with Crippen molar-refractivity contribution < 1.29 is 4.79 Å². The monoisotopic (exact) mass is 299 g/mol. The highest BCUT2D eigenvalue weighted by Crippen LogP contribution is 2.10. The lowest BCUT2D eigenvalue weighted by molar-refractivity contribution is -0.121. The highest BCUT2D eigenvalue weighted by atomic mass is 16.1. The van der Waals surface area contributed by atoms with Crippen molar-refractivity contribution in [1.82, 2.24) is 15.1 Å². The van der Waals surface area contributed by atoms with Crippen molar-refractivity contribution in [3.63, 3.8) is 0 Å². The van der Waals surface area contributed by atoms with Gasteiger partial charge in [-0.1, -0.05) is 29.8 Å². The molecule has 1 amide bonds. The molecule has 4 nitrogen and oxygen atoms in total. The maximum Gasteiger partial charge on any atom is 0.220 e. The number of aryl methyl sites for hydroxylation is 3. The zero-order chi connectivity index (χ0) is 16.1. The van der Waals surface area contributed by atoms with Gasteiger partial charge in [0.05, 0.1) is 12.2 Å². The average Bonchev–Trinajstić information content (AvgIpc) is 2.74.